The normalized spacial score (nSPS) is 23.4. The van der Waals surface area contributed by atoms with Crippen molar-refractivity contribution < 1.29 is 0 Å². The van der Waals surface area contributed by atoms with Gasteiger partial charge in [0.15, 0.2) is 10.6 Å². The predicted octanol–water partition coefficient (Wildman–Crippen LogP) is 3.75. The first-order valence-electron chi connectivity index (χ1n) is 6.84. The Morgan fingerprint density at radius 1 is 1.37 bits per heavy atom. The summed E-state index contributed by atoms with van der Waals surface area (Å²) in [6.07, 6.45) is 8.67. The van der Waals surface area contributed by atoms with Crippen LogP contribution in [0.25, 0.3) is 11.4 Å². The van der Waals surface area contributed by atoms with Crippen LogP contribution in [0, 0.1) is 10.7 Å². The second kappa shape index (κ2) is 5.25. The summed E-state index contributed by atoms with van der Waals surface area (Å²) in [7, 11) is 0. The van der Waals surface area contributed by atoms with Crippen molar-refractivity contribution in [2.45, 2.75) is 38.6 Å². The van der Waals surface area contributed by atoms with Crippen molar-refractivity contribution in [3.8, 4) is 11.4 Å². The van der Waals surface area contributed by atoms with Crippen LogP contribution in [0.5, 0.6) is 0 Å². The number of hydrogen-bond donors (Lipinski definition) is 1. The molecule has 4 nitrogen and oxygen atoms in total. The molecule has 1 fully saturated rings. The van der Waals surface area contributed by atoms with E-state index in [1.807, 2.05) is 18.3 Å². The molecule has 0 unspecified atom stereocenters. The van der Waals surface area contributed by atoms with Crippen molar-refractivity contribution in [2.75, 3.05) is 0 Å². The van der Waals surface area contributed by atoms with Gasteiger partial charge in [0.2, 0.25) is 0 Å². The second-order valence-electron chi connectivity index (χ2n) is 5.29. The van der Waals surface area contributed by atoms with Gasteiger partial charge in [0, 0.05) is 24.0 Å². The molecule has 0 bridgehead atoms. The maximum atomic E-state index is 5.43. The molecule has 0 spiro atoms. The van der Waals surface area contributed by atoms with Crippen molar-refractivity contribution in [3.05, 3.63) is 29.3 Å². The van der Waals surface area contributed by atoms with Gasteiger partial charge in [-0.1, -0.05) is 19.8 Å². The van der Waals surface area contributed by atoms with Gasteiger partial charge in [-0.3, -0.25) is 14.6 Å². The summed E-state index contributed by atoms with van der Waals surface area (Å²) >= 11 is 5.43. The standard InChI is InChI=1S/C14H18N4S/c1-10-5-2-3-7-12(10)18-13(16-17-14(18)19)11-6-4-8-15-9-11/h4,6,8-10,12H,2-3,5,7H2,1H3,(H,17,19)/t10-,12+/m0/s1. The first-order valence-corrected chi connectivity index (χ1v) is 7.25. The third-order valence-electron chi connectivity index (χ3n) is 4.02. The SMILES string of the molecule is C[C@H]1CCCC[C@H]1n1c(-c2cccnc2)n[nH]c1=S. The van der Waals surface area contributed by atoms with Crippen molar-refractivity contribution in [1.29, 1.82) is 0 Å². The van der Waals surface area contributed by atoms with Crippen molar-refractivity contribution in [1.82, 2.24) is 19.7 Å². The molecular weight excluding hydrogens is 256 g/mol. The quantitative estimate of drug-likeness (QED) is 0.848. The lowest BCUT2D eigenvalue weighted by Crippen LogP contribution is -2.22. The summed E-state index contributed by atoms with van der Waals surface area (Å²) in [6.45, 7) is 2.31. The zero-order valence-electron chi connectivity index (χ0n) is 11.0. The van der Waals surface area contributed by atoms with Crippen LogP contribution < -0.4 is 0 Å². The zero-order valence-corrected chi connectivity index (χ0v) is 11.9. The number of H-pyrrole nitrogens is 1. The van der Waals surface area contributed by atoms with Crippen molar-refractivity contribution >= 4 is 12.2 Å². The van der Waals surface area contributed by atoms with Crippen LogP contribution in [0.3, 0.4) is 0 Å². The van der Waals surface area contributed by atoms with E-state index in [1.54, 1.807) is 6.20 Å². The first kappa shape index (κ1) is 12.5. The molecule has 0 aliphatic heterocycles. The maximum absolute atomic E-state index is 5.43. The van der Waals surface area contributed by atoms with E-state index in [2.05, 4.69) is 26.7 Å². The van der Waals surface area contributed by atoms with E-state index in [0.717, 1.165) is 16.2 Å². The Morgan fingerprint density at radius 3 is 2.95 bits per heavy atom. The van der Waals surface area contributed by atoms with Crippen molar-refractivity contribution in [2.24, 2.45) is 5.92 Å². The minimum Gasteiger partial charge on any atom is -0.297 e. The first-order chi connectivity index (χ1) is 9.27. The largest absolute Gasteiger partial charge is 0.297 e. The van der Waals surface area contributed by atoms with E-state index in [1.165, 1.54) is 25.7 Å². The molecule has 2 aromatic rings. The van der Waals surface area contributed by atoms with Gasteiger partial charge in [-0.15, -0.1) is 0 Å². The molecule has 5 heteroatoms. The number of aromatic nitrogens is 4. The topological polar surface area (TPSA) is 46.5 Å². The van der Waals surface area contributed by atoms with Crippen molar-refractivity contribution in [3.63, 3.8) is 0 Å². The molecule has 1 aliphatic carbocycles. The third-order valence-corrected chi connectivity index (χ3v) is 4.31. The molecule has 3 rings (SSSR count). The Labute approximate surface area is 117 Å². The smallest absolute Gasteiger partial charge is 0.195 e. The minimum absolute atomic E-state index is 0.454. The number of nitrogens with one attached hydrogen (secondary N) is 1. The number of rotatable bonds is 2. The van der Waals surface area contributed by atoms with E-state index in [4.69, 9.17) is 12.2 Å². The molecule has 19 heavy (non-hydrogen) atoms. The molecular formula is C14H18N4S. The monoisotopic (exact) mass is 274 g/mol. The molecule has 0 saturated heterocycles. The number of pyridine rings is 1. The van der Waals surface area contributed by atoms with Crippen LogP contribution in [-0.4, -0.2) is 19.7 Å². The van der Waals surface area contributed by atoms with E-state index in [-0.39, 0.29) is 0 Å². The highest BCUT2D eigenvalue weighted by molar-refractivity contribution is 7.71. The highest BCUT2D eigenvalue weighted by atomic mass is 32.1. The fourth-order valence-electron chi connectivity index (χ4n) is 2.99. The van der Waals surface area contributed by atoms with Gasteiger partial charge in [-0.05, 0) is 43.1 Å². The van der Waals surface area contributed by atoms with Crippen LogP contribution in [0.1, 0.15) is 38.6 Å². The summed E-state index contributed by atoms with van der Waals surface area (Å²) < 4.78 is 2.91. The maximum Gasteiger partial charge on any atom is 0.195 e. The lowest BCUT2D eigenvalue weighted by atomic mass is 9.85. The molecule has 2 heterocycles. The molecule has 100 valence electrons. The van der Waals surface area contributed by atoms with E-state index in [9.17, 15) is 0 Å². The van der Waals surface area contributed by atoms with Gasteiger partial charge in [-0.25, -0.2) is 0 Å². The van der Waals surface area contributed by atoms with Crippen LogP contribution in [0.15, 0.2) is 24.5 Å². The Balaban J connectivity index is 2.06. The molecule has 1 aliphatic rings. The molecule has 2 atom stereocenters. The lowest BCUT2D eigenvalue weighted by molar-refractivity contribution is 0.257. The van der Waals surface area contributed by atoms with Gasteiger partial charge >= 0.3 is 0 Å². The van der Waals surface area contributed by atoms with Crippen LogP contribution in [0.2, 0.25) is 0 Å². The average Bonchev–Trinajstić information content (AvgIpc) is 2.82. The van der Waals surface area contributed by atoms with Crippen LogP contribution in [-0.2, 0) is 0 Å². The number of hydrogen-bond acceptors (Lipinski definition) is 3. The summed E-state index contributed by atoms with van der Waals surface area (Å²) in [5, 5.41) is 7.34. The fraction of sp³-hybridized carbons (Fsp3) is 0.500. The Bertz CT molecular complexity index is 601. The second-order valence-corrected chi connectivity index (χ2v) is 5.68. The summed E-state index contributed by atoms with van der Waals surface area (Å²) in [5.74, 6) is 1.56. The number of aromatic amines is 1. The highest BCUT2D eigenvalue weighted by Gasteiger charge is 2.26. The molecule has 2 aromatic heterocycles. The van der Waals surface area contributed by atoms with E-state index >= 15 is 0 Å². The van der Waals surface area contributed by atoms with Gasteiger partial charge in [0.25, 0.3) is 0 Å². The summed E-state index contributed by atoms with van der Waals surface area (Å²) in [4.78, 5) is 4.17. The predicted molar refractivity (Wildman–Crippen MR) is 77.3 cm³/mol. The average molecular weight is 274 g/mol. The fourth-order valence-corrected chi connectivity index (χ4v) is 3.26. The molecule has 0 radical (unpaired) electrons. The highest BCUT2D eigenvalue weighted by Crippen LogP contribution is 2.36. The van der Waals surface area contributed by atoms with Gasteiger partial charge < -0.3 is 0 Å². The Morgan fingerprint density at radius 2 is 2.21 bits per heavy atom. The summed E-state index contributed by atoms with van der Waals surface area (Å²) in [5.41, 5.74) is 1.02. The van der Waals surface area contributed by atoms with Gasteiger partial charge in [-0.2, -0.15) is 5.10 Å². The van der Waals surface area contributed by atoms with Crippen LogP contribution in [0.4, 0.5) is 0 Å². The van der Waals surface area contributed by atoms with Gasteiger partial charge in [0.1, 0.15) is 0 Å². The van der Waals surface area contributed by atoms with E-state index in [0.29, 0.717) is 12.0 Å². The molecule has 1 saturated carbocycles. The lowest BCUT2D eigenvalue weighted by Gasteiger charge is -2.30. The Hall–Kier alpha value is -1.49. The summed E-state index contributed by atoms with van der Waals surface area (Å²) in [6, 6.07) is 4.42. The number of nitrogens with zero attached hydrogens (tertiary/aromatic N) is 3. The zero-order chi connectivity index (χ0) is 13.2. The Kier molecular flexibility index (Phi) is 3.46. The van der Waals surface area contributed by atoms with E-state index < -0.39 is 0 Å². The molecule has 1 N–H and O–H groups in total. The minimum atomic E-state index is 0.454. The molecule has 0 amide bonds. The third kappa shape index (κ3) is 2.34. The molecule has 0 aromatic carbocycles. The van der Waals surface area contributed by atoms with Gasteiger partial charge in [0.05, 0.1) is 0 Å². The van der Waals surface area contributed by atoms with Crippen LogP contribution >= 0.6 is 12.2 Å².